The zero-order chi connectivity index (χ0) is 15.6. The lowest BCUT2D eigenvalue weighted by Gasteiger charge is -2.05. The molecule has 0 fully saturated rings. The van der Waals surface area contributed by atoms with E-state index in [1.54, 1.807) is 0 Å². The van der Waals surface area contributed by atoms with Crippen molar-refractivity contribution in [2.45, 2.75) is 0 Å². The summed E-state index contributed by atoms with van der Waals surface area (Å²) in [6, 6.07) is 21.4. The van der Waals surface area contributed by atoms with Crippen LogP contribution >= 0.6 is 0 Å². The Labute approximate surface area is 133 Å². The van der Waals surface area contributed by atoms with E-state index in [4.69, 9.17) is 5.73 Å². The fourth-order valence-corrected chi connectivity index (χ4v) is 2.47. The summed E-state index contributed by atoms with van der Waals surface area (Å²) in [7, 11) is 0. The first-order valence-electron chi connectivity index (χ1n) is 7.35. The molecule has 0 amide bonds. The van der Waals surface area contributed by atoms with Gasteiger partial charge in [0.15, 0.2) is 5.82 Å². The molecule has 0 atom stereocenters. The van der Waals surface area contributed by atoms with E-state index in [0.717, 1.165) is 33.5 Å². The molecule has 2 N–H and O–H groups in total. The number of nitrogens with two attached hydrogens (primary N) is 1. The summed E-state index contributed by atoms with van der Waals surface area (Å²) >= 11 is 0. The van der Waals surface area contributed by atoms with Gasteiger partial charge < -0.3 is 5.73 Å². The molecular formula is C19H14N4. The Morgan fingerprint density at radius 3 is 2.35 bits per heavy atom. The summed E-state index contributed by atoms with van der Waals surface area (Å²) in [5.41, 5.74) is 10.0. The highest BCUT2D eigenvalue weighted by Gasteiger charge is 2.06. The Morgan fingerprint density at radius 1 is 0.696 bits per heavy atom. The quantitative estimate of drug-likeness (QED) is 0.569. The van der Waals surface area contributed by atoms with Crippen LogP contribution in [-0.4, -0.2) is 15.0 Å². The second kappa shape index (κ2) is 5.50. The molecule has 110 valence electrons. The van der Waals surface area contributed by atoms with E-state index in [2.05, 4.69) is 15.0 Å². The lowest BCUT2D eigenvalue weighted by molar-refractivity contribution is 1.18. The van der Waals surface area contributed by atoms with Crippen LogP contribution in [0.2, 0.25) is 0 Å². The molecule has 0 aliphatic carbocycles. The number of anilines is 1. The molecule has 2 aromatic carbocycles. The Bertz CT molecular complexity index is 978. The third-order valence-corrected chi connectivity index (χ3v) is 3.67. The topological polar surface area (TPSA) is 64.7 Å². The summed E-state index contributed by atoms with van der Waals surface area (Å²) in [6.45, 7) is 0. The van der Waals surface area contributed by atoms with Gasteiger partial charge in [0.2, 0.25) is 0 Å². The van der Waals surface area contributed by atoms with Crippen molar-refractivity contribution in [2.75, 3.05) is 5.73 Å². The molecule has 23 heavy (non-hydrogen) atoms. The number of hydrogen-bond donors (Lipinski definition) is 1. The Morgan fingerprint density at radius 2 is 1.48 bits per heavy atom. The van der Waals surface area contributed by atoms with Crippen LogP contribution in [-0.2, 0) is 0 Å². The summed E-state index contributed by atoms with van der Waals surface area (Å²) in [5, 5.41) is 1.02. The second-order valence-corrected chi connectivity index (χ2v) is 5.28. The van der Waals surface area contributed by atoms with Gasteiger partial charge in [0.25, 0.3) is 0 Å². The largest absolute Gasteiger partial charge is 0.399 e. The Hall–Kier alpha value is -3.27. The normalized spacial score (nSPS) is 10.8. The van der Waals surface area contributed by atoms with Gasteiger partial charge in [-0.1, -0.05) is 36.4 Å². The summed E-state index contributed by atoms with van der Waals surface area (Å²) < 4.78 is 0. The molecule has 0 radical (unpaired) electrons. The van der Waals surface area contributed by atoms with Gasteiger partial charge in [-0.3, -0.25) is 0 Å². The maximum atomic E-state index is 5.74. The first kappa shape index (κ1) is 13.4. The maximum Gasteiger partial charge on any atom is 0.178 e. The fraction of sp³-hybridized carbons (Fsp3) is 0. The first-order chi connectivity index (χ1) is 11.3. The van der Waals surface area contributed by atoms with Crippen molar-refractivity contribution in [3.8, 4) is 22.8 Å². The molecule has 4 heteroatoms. The molecule has 0 saturated carbocycles. The minimum Gasteiger partial charge on any atom is -0.399 e. The highest BCUT2D eigenvalue weighted by atomic mass is 14.9. The zero-order valence-corrected chi connectivity index (χ0v) is 12.3. The third kappa shape index (κ3) is 2.62. The number of hydrogen-bond acceptors (Lipinski definition) is 4. The SMILES string of the molecule is Nc1ccc(-c2cccc(-c3ncc4ccccc4n3)n2)cc1. The number of benzene rings is 2. The number of nitrogens with zero attached hydrogens (tertiary/aromatic N) is 3. The van der Waals surface area contributed by atoms with E-state index in [9.17, 15) is 0 Å². The minimum atomic E-state index is 0.626. The molecule has 0 saturated heterocycles. The third-order valence-electron chi connectivity index (χ3n) is 3.67. The molecule has 4 rings (SSSR count). The number of para-hydroxylation sites is 1. The van der Waals surface area contributed by atoms with Gasteiger partial charge in [0.1, 0.15) is 5.69 Å². The van der Waals surface area contributed by atoms with E-state index in [1.165, 1.54) is 0 Å². The van der Waals surface area contributed by atoms with E-state index in [1.807, 2.05) is 72.9 Å². The molecular weight excluding hydrogens is 284 g/mol. The smallest absolute Gasteiger partial charge is 0.178 e. The van der Waals surface area contributed by atoms with Gasteiger partial charge in [0.05, 0.1) is 11.2 Å². The van der Waals surface area contributed by atoms with Crippen LogP contribution in [0.15, 0.2) is 72.9 Å². The van der Waals surface area contributed by atoms with Gasteiger partial charge in [-0.15, -0.1) is 0 Å². The molecule has 0 bridgehead atoms. The van der Waals surface area contributed by atoms with Crippen LogP contribution in [0.3, 0.4) is 0 Å². The van der Waals surface area contributed by atoms with Crippen molar-refractivity contribution in [1.82, 2.24) is 15.0 Å². The molecule has 4 aromatic rings. The number of nitrogen functional groups attached to an aromatic ring is 1. The predicted molar refractivity (Wildman–Crippen MR) is 92.6 cm³/mol. The van der Waals surface area contributed by atoms with Crippen LogP contribution in [0.4, 0.5) is 5.69 Å². The summed E-state index contributed by atoms with van der Waals surface area (Å²) in [6.07, 6.45) is 1.83. The maximum absolute atomic E-state index is 5.74. The predicted octanol–water partition coefficient (Wildman–Crippen LogP) is 3.94. The van der Waals surface area contributed by atoms with Crippen molar-refractivity contribution >= 4 is 16.6 Å². The van der Waals surface area contributed by atoms with Crippen molar-refractivity contribution in [2.24, 2.45) is 0 Å². The average molecular weight is 298 g/mol. The number of aromatic nitrogens is 3. The Kier molecular flexibility index (Phi) is 3.20. The standard InChI is InChI=1S/C19H14N4/c20-15-10-8-13(9-11-15)16-6-3-7-18(22-16)19-21-12-14-4-1-2-5-17(14)23-19/h1-12H,20H2. The van der Waals surface area contributed by atoms with E-state index < -0.39 is 0 Å². The molecule has 0 spiro atoms. The van der Waals surface area contributed by atoms with Crippen LogP contribution in [0.1, 0.15) is 0 Å². The van der Waals surface area contributed by atoms with Crippen LogP contribution in [0, 0.1) is 0 Å². The van der Waals surface area contributed by atoms with Gasteiger partial charge in [-0.25, -0.2) is 15.0 Å². The summed E-state index contributed by atoms with van der Waals surface area (Å²) in [4.78, 5) is 13.7. The van der Waals surface area contributed by atoms with Crippen LogP contribution in [0.5, 0.6) is 0 Å². The molecule has 2 aromatic heterocycles. The molecule has 0 unspecified atom stereocenters. The lowest BCUT2D eigenvalue weighted by atomic mass is 10.1. The zero-order valence-electron chi connectivity index (χ0n) is 12.3. The van der Waals surface area contributed by atoms with E-state index in [0.29, 0.717) is 5.82 Å². The van der Waals surface area contributed by atoms with Gasteiger partial charge >= 0.3 is 0 Å². The monoisotopic (exact) mass is 298 g/mol. The Balaban J connectivity index is 1.79. The van der Waals surface area contributed by atoms with Crippen LogP contribution in [0.25, 0.3) is 33.7 Å². The first-order valence-corrected chi connectivity index (χ1v) is 7.35. The van der Waals surface area contributed by atoms with Crippen LogP contribution < -0.4 is 5.73 Å². The highest BCUT2D eigenvalue weighted by Crippen LogP contribution is 2.22. The molecule has 0 aliphatic heterocycles. The van der Waals surface area contributed by atoms with Gasteiger partial charge in [-0.05, 0) is 30.3 Å². The fourth-order valence-electron chi connectivity index (χ4n) is 2.47. The van der Waals surface area contributed by atoms with Crippen molar-refractivity contribution in [1.29, 1.82) is 0 Å². The van der Waals surface area contributed by atoms with E-state index >= 15 is 0 Å². The number of fused-ring (bicyclic) bond motifs is 1. The number of rotatable bonds is 2. The average Bonchev–Trinajstić information content (AvgIpc) is 2.62. The van der Waals surface area contributed by atoms with Crippen molar-refractivity contribution in [3.05, 3.63) is 72.9 Å². The lowest BCUT2D eigenvalue weighted by Crippen LogP contribution is -1.94. The second-order valence-electron chi connectivity index (χ2n) is 5.28. The minimum absolute atomic E-state index is 0.626. The molecule has 2 heterocycles. The van der Waals surface area contributed by atoms with Gasteiger partial charge in [0, 0.05) is 22.8 Å². The molecule has 0 aliphatic rings. The van der Waals surface area contributed by atoms with Crippen molar-refractivity contribution < 1.29 is 0 Å². The number of pyridine rings is 1. The highest BCUT2D eigenvalue weighted by molar-refractivity contribution is 5.79. The van der Waals surface area contributed by atoms with E-state index in [-0.39, 0.29) is 0 Å². The van der Waals surface area contributed by atoms with Crippen molar-refractivity contribution in [3.63, 3.8) is 0 Å². The molecule has 4 nitrogen and oxygen atoms in total. The summed E-state index contributed by atoms with van der Waals surface area (Å²) in [5.74, 6) is 0.626. The van der Waals surface area contributed by atoms with Gasteiger partial charge in [-0.2, -0.15) is 0 Å².